The minimum Gasteiger partial charge on any atom is -0.313 e. The van der Waals surface area contributed by atoms with Gasteiger partial charge in [-0.05, 0) is 36.7 Å². The van der Waals surface area contributed by atoms with Gasteiger partial charge in [0.2, 0.25) is 0 Å². The molecular formula is C15H21N3S. The van der Waals surface area contributed by atoms with E-state index < -0.39 is 0 Å². The van der Waals surface area contributed by atoms with E-state index in [0.29, 0.717) is 0 Å². The lowest BCUT2D eigenvalue weighted by Crippen LogP contribution is -2.11. The van der Waals surface area contributed by atoms with Gasteiger partial charge >= 0.3 is 0 Å². The summed E-state index contributed by atoms with van der Waals surface area (Å²) in [5.74, 6) is 1.09. The normalized spacial score (nSPS) is 10.8. The van der Waals surface area contributed by atoms with E-state index in [0.717, 1.165) is 25.3 Å². The summed E-state index contributed by atoms with van der Waals surface area (Å²) < 4.78 is 1.95. The van der Waals surface area contributed by atoms with Gasteiger partial charge in [0.1, 0.15) is 0 Å². The highest BCUT2D eigenvalue weighted by molar-refractivity contribution is 7.99. The van der Waals surface area contributed by atoms with Crippen molar-refractivity contribution in [2.24, 2.45) is 7.05 Å². The van der Waals surface area contributed by atoms with Gasteiger partial charge in [0.15, 0.2) is 0 Å². The number of nitrogens with one attached hydrogen (secondary N) is 1. The van der Waals surface area contributed by atoms with Crippen LogP contribution in [-0.4, -0.2) is 22.1 Å². The summed E-state index contributed by atoms with van der Waals surface area (Å²) in [6.07, 6.45) is 2.91. The number of aryl methyl sites for hydroxylation is 2. The van der Waals surface area contributed by atoms with Gasteiger partial charge in [0.25, 0.3) is 0 Å². The fraction of sp³-hybridized carbons (Fsp3) is 0.400. The minimum atomic E-state index is 0.951. The number of benzene rings is 1. The van der Waals surface area contributed by atoms with E-state index in [2.05, 4.69) is 47.7 Å². The molecule has 0 unspecified atom stereocenters. The first-order chi connectivity index (χ1) is 9.29. The van der Waals surface area contributed by atoms with Crippen LogP contribution in [0.5, 0.6) is 0 Å². The molecule has 1 N–H and O–H groups in total. The molecule has 0 amide bonds. The van der Waals surface area contributed by atoms with Gasteiger partial charge in [-0.15, -0.1) is 11.8 Å². The van der Waals surface area contributed by atoms with Gasteiger partial charge in [-0.1, -0.05) is 19.1 Å². The summed E-state index contributed by atoms with van der Waals surface area (Å²) in [4.78, 5) is 1.34. The molecular weight excluding hydrogens is 254 g/mol. The maximum absolute atomic E-state index is 4.19. The van der Waals surface area contributed by atoms with Crippen LogP contribution < -0.4 is 5.32 Å². The standard InChI is InChI=1S/C15H21N3S/c1-3-16-12-13-5-4-6-15(11-13)19-10-8-14-7-9-17-18(14)2/h4-7,9,11,16H,3,8,10,12H2,1-2H3. The first kappa shape index (κ1) is 14.2. The summed E-state index contributed by atoms with van der Waals surface area (Å²) in [6.45, 7) is 4.09. The van der Waals surface area contributed by atoms with Crippen molar-refractivity contribution in [3.8, 4) is 0 Å². The monoisotopic (exact) mass is 275 g/mol. The van der Waals surface area contributed by atoms with Crippen LogP contribution in [-0.2, 0) is 20.0 Å². The molecule has 1 heterocycles. The Balaban J connectivity index is 1.84. The molecule has 0 atom stereocenters. The van der Waals surface area contributed by atoms with Gasteiger partial charge in [-0.25, -0.2) is 0 Å². The summed E-state index contributed by atoms with van der Waals surface area (Å²) in [6, 6.07) is 10.9. The van der Waals surface area contributed by atoms with Crippen LogP contribution in [0.4, 0.5) is 0 Å². The Morgan fingerprint density at radius 3 is 2.95 bits per heavy atom. The third kappa shape index (κ3) is 4.40. The Bertz CT molecular complexity index is 508. The Morgan fingerprint density at radius 2 is 2.21 bits per heavy atom. The Hall–Kier alpha value is -1.26. The van der Waals surface area contributed by atoms with Gasteiger partial charge in [-0.2, -0.15) is 5.10 Å². The molecule has 1 aromatic heterocycles. The molecule has 3 nitrogen and oxygen atoms in total. The van der Waals surface area contributed by atoms with Crippen LogP contribution in [0.2, 0.25) is 0 Å². The van der Waals surface area contributed by atoms with Crippen molar-refractivity contribution in [1.82, 2.24) is 15.1 Å². The molecule has 0 bridgehead atoms. The number of thioether (sulfide) groups is 1. The highest BCUT2D eigenvalue weighted by Crippen LogP contribution is 2.20. The number of aromatic nitrogens is 2. The molecule has 4 heteroatoms. The largest absolute Gasteiger partial charge is 0.313 e. The van der Waals surface area contributed by atoms with Crippen LogP contribution in [0.1, 0.15) is 18.2 Å². The van der Waals surface area contributed by atoms with E-state index in [1.165, 1.54) is 16.2 Å². The van der Waals surface area contributed by atoms with E-state index in [-0.39, 0.29) is 0 Å². The molecule has 102 valence electrons. The van der Waals surface area contributed by atoms with Crippen molar-refractivity contribution in [2.45, 2.75) is 24.8 Å². The first-order valence-electron chi connectivity index (χ1n) is 6.69. The molecule has 0 saturated carbocycles. The molecule has 19 heavy (non-hydrogen) atoms. The number of hydrogen-bond donors (Lipinski definition) is 1. The fourth-order valence-electron chi connectivity index (χ4n) is 1.93. The molecule has 0 radical (unpaired) electrons. The summed E-state index contributed by atoms with van der Waals surface area (Å²) in [5.41, 5.74) is 2.64. The average Bonchev–Trinajstić information content (AvgIpc) is 2.83. The lowest BCUT2D eigenvalue weighted by atomic mass is 10.2. The van der Waals surface area contributed by atoms with Crippen molar-refractivity contribution in [2.75, 3.05) is 12.3 Å². The van der Waals surface area contributed by atoms with Crippen LogP contribution in [0.3, 0.4) is 0 Å². The maximum Gasteiger partial charge on any atom is 0.0492 e. The van der Waals surface area contributed by atoms with E-state index in [9.17, 15) is 0 Å². The third-order valence-electron chi connectivity index (χ3n) is 3.03. The van der Waals surface area contributed by atoms with Gasteiger partial charge in [0.05, 0.1) is 0 Å². The fourth-order valence-corrected chi connectivity index (χ4v) is 2.89. The molecule has 2 rings (SSSR count). The first-order valence-corrected chi connectivity index (χ1v) is 7.67. The smallest absolute Gasteiger partial charge is 0.0492 e. The highest BCUT2D eigenvalue weighted by Gasteiger charge is 2.00. The molecule has 2 aromatic rings. The second-order valence-corrected chi connectivity index (χ2v) is 5.64. The van der Waals surface area contributed by atoms with Crippen molar-refractivity contribution >= 4 is 11.8 Å². The number of rotatable bonds is 7. The number of nitrogens with zero attached hydrogens (tertiary/aromatic N) is 2. The van der Waals surface area contributed by atoms with Crippen LogP contribution >= 0.6 is 11.8 Å². The number of hydrogen-bond acceptors (Lipinski definition) is 3. The van der Waals surface area contributed by atoms with E-state index in [1.54, 1.807) is 0 Å². The third-order valence-corrected chi connectivity index (χ3v) is 4.02. The Labute approximate surface area is 119 Å². The zero-order valence-corrected chi connectivity index (χ0v) is 12.4. The molecule has 0 aliphatic rings. The van der Waals surface area contributed by atoms with E-state index in [4.69, 9.17) is 0 Å². The lowest BCUT2D eigenvalue weighted by molar-refractivity contribution is 0.719. The lowest BCUT2D eigenvalue weighted by Gasteiger charge is -2.06. The molecule has 0 spiro atoms. The Kier molecular flexibility index (Phi) is 5.48. The van der Waals surface area contributed by atoms with Crippen molar-refractivity contribution in [1.29, 1.82) is 0 Å². The van der Waals surface area contributed by atoms with Crippen molar-refractivity contribution < 1.29 is 0 Å². The molecule has 0 aliphatic carbocycles. The zero-order valence-electron chi connectivity index (χ0n) is 11.6. The van der Waals surface area contributed by atoms with Crippen LogP contribution in [0, 0.1) is 0 Å². The van der Waals surface area contributed by atoms with Crippen LogP contribution in [0.25, 0.3) is 0 Å². The topological polar surface area (TPSA) is 29.9 Å². The predicted octanol–water partition coefficient (Wildman–Crippen LogP) is 2.86. The predicted molar refractivity (Wildman–Crippen MR) is 81.5 cm³/mol. The van der Waals surface area contributed by atoms with E-state index >= 15 is 0 Å². The van der Waals surface area contributed by atoms with Gasteiger partial charge in [0, 0.05) is 36.1 Å². The van der Waals surface area contributed by atoms with Gasteiger partial charge < -0.3 is 5.32 Å². The van der Waals surface area contributed by atoms with E-state index in [1.807, 2.05) is 29.7 Å². The summed E-state index contributed by atoms with van der Waals surface area (Å²) in [7, 11) is 2.00. The Morgan fingerprint density at radius 1 is 1.32 bits per heavy atom. The SMILES string of the molecule is CCNCc1cccc(SCCc2ccnn2C)c1. The quantitative estimate of drug-likeness (QED) is 0.788. The molecule has 0 saturated heterocycles. The summed E-state index contributed by atoms with van der Waals surface area (Å²) in [5, 5.41) is 7.55. The zero-order chi connectivity index (χ0) is 13.5. The second kappa shape index (κ2) is 7.36. The minimum absolute atomic E-state index is 0.951. The van der Waals surface area contributed by atoms with Crippen molar-refractivity contribution in [3.63, 3.8) is 0 Å². The molecule has 0 fully saturated rings. The maximum atomic E-state index is 4.19. The second-order valence-electron chi connectivity index (χ2n) is 4.47. The van der Waals surface area contributed by atoms with Crippen LogP contribution in [0.15, 0.2) is 41.4 Å². The highest BCUT2D eigenvalue weighted by atomic mass is 32.2. The molecule has 0 aliphatic heterocycles. The van der Waals surface area contributed by atoms with Gasteiger partial charge in [-0.3, -0.25) is 4.68 Å². The summed E-state index contributed by atoms with van der Waals surface area (Å²) >= 11 is 1.91. The molecule has 1 aromatic carbocycles. The average molecular weight is 275 g/mol. The van der Waals surface area contributed by atoms with Crippen molar-refractivity contribution in [3.05, 3.63) is 47.8 Å².